The lowest BCUT2D eigenvalue weighted by molar-refractivity contribution is -0.148. The number of anilines is 1. The molecular formula is C25H32ClN3O3. The first kappa shape index (κ1) is 24.2. The number of esters is 1. The first-order chi connectivity index (χ1) is 15.3. The normalized spacial score (nSPS) is 17.1. The Morgan fingerprint density at radius 3 is 2.06 bits per heavy atom. The van der Waals surface area contributed by atoms with Crippen molar-refractivity contribution in [1.82, 2.24) is 9.80 Å². The maximum atomic E-state index is 13.0. The number of carbonyl (C=O) groups is 2. The second-order valence-corrected chi connectivity index (χ2v) is 8.83. The minimum Gasteiger partial charge on any atom is -0.468 e. The fraction of sp³-hybridized carbons (Fsp3) is 0.440. The quantitative estimate of drug-likeness (QED) is 0.627. The Kier molecular flexibility index (Phi) is 8.29. The van der Waals surface area contributed by atoms with Gasteiger partial charge < -0.3 is 10.1 Å². The number of benzene rings is 2. The maximum absolute atomic E-state index is 13.0. The number of amides is 1. The zero-order valence-corrected chi connectivity index (χ0v) is 19.9. The third kappa shape index (κ3) is 5.49. The summed E-state index contributed by atoms with van der Waals surface area (Å²) in [5, 5.41) is 3.64. The number of para-hydroxylation sites is 1. The van der Waals surface area contributed by atoms with Crippen molar-refractivity contribution < 1.29 is 14.3 Å². The predicted molar refractivity (Wildman–Crippen MR) is 128 cm³/mol. The van der Waals surface area contributed by atoms with Crippen molar-refractivity contribution in [3.8, 4) is 0 Å². The van der Waals surface area contributed by atoms with Gasteiger partial charge in [0.1, 0.15) is 6.04 Å². The van der Waals surface area contributed by atoms with E-state index in [-0.39, 0.29) is 17.9 Å². The third-order valence-corrected chi connectivity index (χ3v) is 6.45. The minimum absolute atomic E-state index is 0.0258. The van der Waals surface area contributed by atoms with Crippen molar-refractivity contribution in [2.45, 2.75) is 38.8 Å². The molecule has 0 bridgehead atoms. The van der Waals surface area contributed by atoms with E-state index in [2.05, 4.69) is 29.0 Å². The molecule has 3 rings (SSSR count). The standard InChI is InChI=1S/C25H32ClN3O3/c1-17(2)19-9-6-8-12-22(19)27-24(30)18(3)28-13-15-29(16-14-28)23(25(31)32-4)20-10-5-7-11-21(20)26/h5-12,17-18,23H,13-16H2,1-4H3,(H,27,30). The Bertz CT molecular complexity index is 942. The van der Waals surface area contributed by atoms with Gasteiger partial charge in [0.2, 0.25) is 5.91 Å². The molecule has 2 unspecified atom stereocenters. The predicted octanol–water partition coefficient (Wildman–Crippen LogP) is 4.32. The molecule has 0 aromatic heterocycles. The van der Waals surface area contributed by atoms with Gasteiger partial charge in [0.05, 0.1) is 13.2 Å². The van der Waals surface area contributed by atoms with Gasteiger partial charge in [-0.2, -0.15) is 0 Å². The summed E-state index contributed by atoms with van der Waals surface area (Å²) in [6.45, 7) is 8.75. The summed E-state index contributed by atoms with van der Waals surface area (Å²) >= 11 is 6.37. The van der Waals surface area contributed by atoms with Crippen LogP contribution in [-0.4, -0.2) is 61.0 Å². The topological polar surface area (TPSA) is 61.9 Å². The zero-order valence-electron chi connectivity index (χ0n) is 19.2. The summed E-state index contributed by atoms with van der Waals surface area (Å²) in [7, 11) is 1.39. The van der Waals surface area contributed by atoms with Crippen LogP contribution < -0.4 is 5.32 Å². The molecule has 1 amide bonds. The van der Waals surface area contributed by atoms with Crippen LogP contribution >= 0.6 is 11.6 Å². The van der Waals surface area contributed by atoms with Crippen LogP contribution in [-0.2, 0) is 14.3 Å². The van der Waals surface area contributed by atoms with Gasteiger partial charge in [-0.05, 0) is 36.1 Å². The van der Waals surface area contributed by atoms with Crippen molar-refractivity contribution in [3.63, 3.8) is 0 Å². The lowest BCUT2D eigenvalue weighted by atomic mass is 10.0. The van der Waals surface area contributed by atoms with E-state index in [9.17, 15) is 9.59 Å². The Balaban J connectivity index is 1.66. The van der Waals surface area contributed by atoms with E-state index in [0.717, 1.165) is 16.8 Å². The van der Waals surface area contributed by atoms with E-state index in [1.807, 2.05) is 49.4 Å². The molecule has 1 N–H and O–H groups in total. The highest BCUT2D eigenvalue weighted by Gasteiger charge is 2.34. The largest absolute Gasteiger partial charge is 0.468 e. The number of hydrogen-bond donors (Lipinski definition) is 1. The van der Waals surface area contributed by atoms with Gasteiger partial charge in [0.15, 0.2) is 0 Å². The van der Waals surface area contributed by atoms with Crippen LogP contribution in [0, 0.1) is 0 Å². The molecule has 0 aliphatic carbocycles. The number of nitrogens with one attached hydrogen (secondary N) is 1. The summed E-state index contributed by atoms with van der Waals surface area (Å²) in [6.07, 6.45) is 0. The first-order valence-electron chi connectivity index (χ1n) is 11.0. The van der Waals surface area contributed by atoms with E-state index < -0.39 is 6.04 Å². The van der Waals surface area contributed by atoms with Gasteiger partial charge >= 0.3 is 5.97 Å². The van der Waals surface area contributed by atoms with Gasteiger partial charge in [0.25, 0.3) is 0 Å². The van der Waals surface area contributed by atoms with Crippen LogP contribution in [0.2, 0.25) is 5.02 Å². The number of piperazine rings is 1. The molecule has 0 radical (unpaired) electrons. The molecule has 6 nitrogen and oxygen atoms in total. The van der Waals surface area contributed by atoms with Crippen LogP contribution in [0.25, 0.3) is 0 Å². The summed E-state index contributed by atoms with van der Waals surface area (Å²) in [5.74, 6) is -0.0322. The fourth-order valence-electron chi connectivity index (χ4n) is 4.18. The number of hydrogen-bond acceptors (Lipinski definition) is 5. The summed E-state index contributed by atoms with van der Waals surface area (Å²) in [4.78, 5) is 29.8. The molecule has 1 saturated heterocycles. The highest BCUT2D eigenvalue weighted by molar-refractivity contribution is 6.31. The van der Waals surface area contributed by atoms with Crippen LogP contribution in [0.3, 0.4) is 0 Å². The number of methoxy groups -OCH3 is 1. The lowest BCUT2D eigenvalue weighted by Gasteiger charge is -2.40. The Labute approximate surface area is 195 Å². The fourth-order valence-corrected chi connectivity index (χ4v) is 4.42. The molecule has 7 heteroatoms. The molecule has 1 aliphatic heterocycles. The highest BCUT2D eigenvalue weighted by atomic mass is 35.5. The van der Waals surface area contributed by atoms with Crippen molar-refractivity contribution >= 4 is 29.2 Å². The van der Waals surface area contributed by atoms with Crippen LogP contribution in [0.5, 0.6) is 0 Å². The van der Waals surface area contributed by atoms with Gasteiger partial charge in [0, 0.05) is 36.9 Å². The molecule has 172 valence electrons. The second-order valence-electron chi connectivity index (χ2n) is 8.43. The number of halogens is 1. The van der Waals surface area contributed by atoms with E-state index >= 15 is 0 Å². The molecule has 0 saturated carbocycles. The molecule has 1 heterocycles. The van der Waals surface area contributed by atoms with Crippen molar-refractivity contribution in [2.24, 2.45) is 0 Å². The van der Waals surface area contributed by atoms with Crippen molar-refractivity contribution in [3.05, 3.63) is 64.7 Å². The molecular weight excluding hydrogens is 426 g/mol. The molecule has 1 fully saturated rings. The lowest BCUT2D eigenvalue weighted by Crippen LogP contribution is -2.54. The highest BCUT2D eigenvalue weighted by Crippen LogP contribution is 2.30. The number of ether oxygens (including phenoxy) is 1. The summed E-state index contributed by atoms with van der Waals surface area (Å²) in [5.41, 5.74) is 2.73. The molecule has 2 aromatic carbocycles. The van der Waals surface area contributed by atoms with E-state index in [1.54, 1.807) is 6.07 Å². The number of nitrogens with zero attached hydrogens (tertiary/aromatic N) is 2. The Hall–Kier alpha value is -2.41. The monoisotopic (exact) mass is 457 g/mol. The number of carbonyl (C=O) groups excluding carboxylic acids is 2. The van der Waals surface area contributed by atoms with Crippen LogP contribution in [0.4, 0.5) is 5.69 Å². The van der Waals surface area contributed by atoms with E-state index in [0.29, 0.717) is 37.1 Å². The van der Waals surface area contributed by atoms with Crippen LogP contribution in [0.15, 0.2) is 48.5 Å². The van der Waals surface area contributed by atoms with Gasteiger partial charge in [-0.1, -0.05) is 61.8 Å². The Morgan fingerprint density at radius 1 is 0.906 bits per heavy atom. The molecule has 0 spiro atoms. The molecule has 2 atom stereocenters. The number of rotatable bonds is 7. The van der Waals surface area contributed by atoms with Crippen molar-refractivity contribution in [1.29, 1.82) is 0 Å². The van der Waals surface area contributed by atoms with Gasteiger partial charge in [-0.25, -0.2) is 4.79 Å². The van der Waals surface area contributed by atoms with Crippen LogP contribution in [0.1, 0.15) is 43.9 Å². The summed E-state index contributed by atoms with van der Waals surface area (Å²) in [6, 6.07) is 14.4. The zero-order chi connectivity index (χ0) is 23.3. The smallest absolute Gasteiger partial charge is 0.327 e. The van der Waals surface area contributed by atoms with Gasteiger partial charge in [-0.15, -0.1) is 0 Å². The van der Waals surface area contributed by atoms with Gasteiger partial charge in [-0.3, -0.25) is 14.6 Å². The minimum atomic E-state index is -0.557. The molecule has 1 aliphatic rings. The Morgan fingerprint density at radius 2 is 1.47 bits per heavy atom. The average molecular weight is 458 g/mol. The SMILES string of the molecule is COC(=O)C(c1ccccc1Cl)N1CCN(C(C)C(=O)Nc2ccccc2C(C)C)CC1. The first-order valence-corrected chi connectivity index (χ1v) is 11.4. The third-order valence-electron chi connectivity index (χ3n) is 6.11. The maximum Gasteiger partial charge on any atom is 0.327 e. The van der Waals surface area contributed by atoms with Crippen molar-refractivity contribution in [2.75, 3.05) is 38.6 Å². The van der Waals surface area contributed by atoms with E-state index in [1.165, 1.54) is 7.11 Å². The second kappa shape index (κ2) is 10.9. The van der Waals surface area contributed by atoms with E-state index in [4.69, 9.17) is 16.3 Å². The average Bonchev–Trinajstić information content (AvgIpc) is 2.80. The molecule has 2 aromatic rings. The summed E-state index contributed by atoms with van der Waals surface area (Å²) < 4.78 is 5.07. The molecule has 32 heavy (non-hydrogen) atoms.